The van der Waals surface area contributed by atoms with Crippen LogP contribution in [0, 0.1) is 6.92 Å². The molecular weight excluding hydrogens is 299 g/mol. The number of thioether (sulfide) groups is 1. The van der Waals surface area contributed by atoms with E-state index in [0.717, 1.165) is 23.3 Å². The van der Waals surface area contributed by atoms with Crippen molar-refractivity contribution in [1.29, 1.82) is 0 Å². The maximum absolute atomic E-state index is 6.28. The van der Waals surface area contributed by atoms with Crippen molar-refractivity contribution in [3.8, 4) is 0 Å². The van der Waals surface area contributed by atoms with Crippen molar-refractivity contribution in [2.24, 2.45) is 0 Å². The normalized spacial score (nSPS) is 16.1. The van der Waals surface area contributed by atoms with E-state index in [2.05, 4.69) is 28.9 Å². The van der Waals surface area contributed by atoms with Crippen molar-refractivity contribution in [3.05, 3.63) is 33.9 Å². The van der Waals surface area contributed by atoms with Crippen LogP contribution in [0.3, 0.4) is 0 Å². The molecule has 0 spiro atoms. The average molecular weight is 313 g/mol. The third kappa shape index (κ3) is 2.64. The Morgan fingerprint density at radius 3 is 2.84 bits per heavy atom. The van der Waals surface area contributed by atoms with Gasteiger partial charge in [0.1, 0.15) is 5.15 Å². The summed E-state index contributed by atoms with van der Waals surface area (Å²) in [5.41, 5.74) is 3.34. The molecule has 100 valence electrons. The molecule has 0 aliphatic carbocycles. The zero-order valence-electron chi connectivity index (χ0n) is 10.6. The van der Waals surface area contributed by atoms with Crippen LogP contribution in [0.5, 0.6) is 0 Å². The second-order valence-electron chi connectivity index (χ2n) is 4.74. The lowest BCUT2D eigenvalue weighted by atomic mass is 10.1. The minimum atomic E-state index is 0.443. The average Bonchev–Trinajstić information content (AvgIpc) is 2.38. The molecule has 0 amide bonds. The fraction of sp³-hybridized carbons (Fsp3) is 0.357. The van der Waals surface area contributed by atoms with Crippen molar-refractivity contribution < 1.29 is 0 Å². The Bertz CT molecular complexity index is 624. The van der Waals surface area contributed by atoms with E-state index in [4.69, 9.17) is 23.2 Å². The second-order valence-corrected chi connectivity index (χ2v) is 6.61. The number of aryl methyl sites for hydroxylation is 1. The Labute approximate surface area is 127 Å². The first-order chi connectivity index (χ1) is 9.15. The van der Waals surface area contributed by atoms with Crippen LogP contribution in [0.1, 0.15) is 12.0 Å². The zero-order valence-corrected chi connectivity index (χ0v) is 12.9. The standard InChI is InChI=1S/C14H14Cl2N2S/c1-9-5-12-10(11(15)7-14(16)17-12)6-13(9)18-3-2-4-19-8-18/h5-7H,2-4,8H2,1H3. The maximum atomic E-state index is 6.28. The van der Waals surface area contributed by atoms with Gasteiger partial charge in [-0.1, -0.05) is 23.2 Å². The molecule has 2 nitrogen and oxygen atoms in total. The number of hydrogen-bond acceptors (Lipinski definition) is 3. The van der Waals surface area contributed by atoms with Gasteiger partial charge in [0.2, 0.25) is 0 Å². The Morgan fingerprint density at radius 2 is 2.11 bits per heavy atom. The van der Waals surface area contributed by atoms with Crippen molar-refractivity contribution >= 4 is 51.6 Å². The molecule has 0 saturated carbocycles. The molecule has 1 aromatic carbocycles. The minimum absolute atomic E-state index is 0.443. The van der Waals surface area contributed by atoms with E-state index in [1.165, 1.54) is 23.4 Å². The third-order valence-electron chi connectivity index (χ3n) is 3.35. The van der Waals surface area contributed by atoms with Crippen LogP contribution in [-0.2, 0) is 0 Å². The maximum Gasteiger partial charge on any atom is 0.131 e. The molecule has 0 radical (unpaired) electrons. The van der Waals surface area contributed by atoms with Crippen LogP contribution in [0.4, 0.5) is 5.69 Å². The van der Waals surface area contributed by atoms with Crippen LogP contribution in [0.2, 0.25) is 10.2 Å². The Balaban J connectivity index is 2.12. The fourth-order valence-electron chi connectivity index (χ4n) is 2.42. The van der Waals surface area contributed by atoms with E-state index < -0.39 is 0 Å². The largest absolute Gasteiger partial charge is 0.362 e. The number of hydrogen-bond donors (Lipinski definition) is 0. The van der Waals surface area contributed by atoms with E-state index in [1.54, 1.807) is 6.07 Å². The highest BCUT2D eigenvalue weighted by Crippen LogP contribution is 2.33. The van der Waals surface area contributed by atoms with Gasteiger partial charge in [0.05, 0.1) is 16.4 Å². The van der Waals surface area contributed by atoms with E-state index in [1.807, 2.05) is 11.8 Å². The molecule has 5 heteroatoms. The van der Waals surface area contributed by atoms with Gasteiger partial charge in [0.25, 0.3) is 0 Å². The van der Waals surface area contributed by atoms with Gasteiger partial charge in [-0.2, -0.15) is 0 Å². The van der Waals surface area contributed by atoms with Crippen LogP contribution in [0.15, 0.2) is 18.2 Å². The monoisotopic (exact) mass is 312 g/mol. The highest BCUT2D eigenvalue weighted by Gasteiger charge is 2.15. The predicted molar refractivity (Wildman–Crippen MR) is 85.8 cm³/mol. The predicted octanol–water partition coefficient (Wildman–Crippen LogP) is 4.75. The van der Waals surface area contributed by atoms with Crippen molar-refractivity contribution in [2.75, 3.05) is 23.1 Å². The molecule has 2 aromatic rings. The summed E-state index contributed by atoms with van der Waals surface area (Å²) in [5.74, 6) is 2.30. The molecule has 0 N–H and O–H groups in total. The number of aromatic nitrogens is 1. The summed E-state index contributed by atoms with van der Waals surface area (Å²) in [6.07, 6.45) is 1.23. The SMILES string of the molecule is Cc1cc2nc(Cl)cc(Cl)c2cc1N1CCCSC1. The molecule has 0 atom stereocenters. The van der Waals surface area contributed by atoms with Crippen LogP contribution in [0.25, 0.3) is 10.9 Å². The topological polar surface area (TPSA) is 16.1 Å². The van der Waals surface area contributed by atoms with Gasteiger partial charge in [-0.25, -0.2) is 4.98 Å². The number of anilines is 1. The summed E-state index contributed by atoms with van der Waals surface area (Å²) in [7, 11) is 0. The molecule has 3 rings (SSSR count). The third-order valence-corrected chi connectivity index (χ3v) is 4.93. The number of rotatable bonds is 1. The Kier molecular flexibility index (Phi) is 3.79. The molecule has 19 heavy (non-hydrogen) atoms. The molecule has 1 saturated heterocycles. The molecule has 1 aromatic heterocycles. The highest BCUT2D eigenvalue weighted by molar-refractivity contribution is 7.99. The van der Waals surface area contributed by atoms with Crippen molar-refractivity contribution in [2.45, 2.75) is 13.3 Å². The van der Waals surface area contributed by atoms with Crippen LogP contribution >= 0.6 is 35.0 Å². The number of pyridine rings is 1. The van der Waals surface area contributed by atoms with Crippen molar-refractivity contribution in [1.82, 2.24) is 4.98 Å². The number of halogens is 2. The smallest absolute Gasteiger partial charge is 0.131 e. The first kappa shape index (κ1) is 13.3. The Hall–Kier alpha value is -0.640. The Morgan fingerprint density at radius 1 is 1.26 bits per heavy atom. The van der Waals surface area contributed by atoms with E-state index in [-0.39, 0.29) is 0 Å². The van der Waals surface area contributed by atoms with Gasteiger partial charge in [-0.15, -0.1) is 11.8 Å². The summed E-state index contributed by atoms with van der Waals surface area (Å²) in [6.45, 7) is 3.22. The number of benzene rings is 1. The minimum Gasteiger partial charge on any atom is -0.362 e. The van der Waals surface area contributed by atoms with Gasteiger partial charge in [-0.3, -0.25) is 0 Å². The van der Waals surface area contributed by atoms with E-state index in [0.29, 0.717) is 10.2 Å². The van der Waals surface area contributed by atoms with Gasteiger partial charge in [-0.05, 0) is 42.9 Å². The lowest BCUT2D eigenvalue weighted by Gasteiger charge is -2.30. The second kappa shape index (κ2) is 5.39. The first-order valence-corrected chi connectivity index (χ1v) is 8.15. The molecule has 0 bridgehead atoms. The fourth-order valence-corrected chi connectivity index (χ4v) is 3.88. The van der Waals surface area contributed by atoms with Crippen LogP contribution in [-0.4, -0.2) is 23.2 Å². The summed E-state index contributed by atoms with van der Waals surface area (Å²) in [4.78, 5) is 6.75. The van der Waals surface area contributed by atoms with E-state index >= 15 is 0 Å². The van der Waals surface area contributed by atoms with Crippen LogP contribution < -0.4 is 4.90 Å². The number of nitrogens with zero attached hydrogens (tertiary/aromatic N) is 2. The molecule has 0 unspecified atom stereocenters. The van der Waals surface area contributed by atoms with Gasteiger partial charge in [0.15, 0.2) is 0 Å². The van der Waals surface area contributed by atoms with E-state index in [9.17, 15) is 0 Å². The molecule has 1 aliphatic rings. The first-order valence-electron chi connectivity index (χ1n) is 6.24. The van der Waals surface area contributed by atoms with Gasteiger partial charge in [0, 0.05) is 17.6 Å². The molecule has 1 aliphatic heterocycles. The lowest BCUT2D eigenvalue weighted by molar-refractivity contribution is 0.821. The van der Waals surface area contributed by atoms with Gasteiger partial charge < -0.3 is 4.90 Å². The summed E-state index contributed by atoms with van der Waals surface area (Å²) in [6, 6.07) is 5.92. The van der Waals surface area contributed by atoms with Crippen molar-refractivity contribution in [3.63, 3.8) is 0 Å². The lowest BCUT2D eigenvalue weighted by Crippen LogP contribution is -2.28. The quantitative estimate of drug-likeness (QED) is 0.707. The summed E-state index contributed by atoms with van der Waals surface area (Å²) in [5, 5.41) is 2.08. The molecular formula is C14H14Cl2N2S. The summed E-state index contributed by atoms with van der Waals surface area (Å²) < 4.78 is 0. The van der Waals surface area contributed by atoms with Gasteiger partial charge >= 0.3 is 0 Å². The highest BCUT2D eigenvalue weighted by atomic mass is 35.5. The number of fused-ring (bicyclic) bond motifs is 1. The molecule has 1 fully saturated rings. The molecule has 2 heterocycles. The zero-order chi connectivity index (χ0) is 13.4. The summed E-state index contributed by atoms with van der Waals surface area (Å²) >= 11 is 14.2.